The fraction of sp³-hybridized carbons (Fsp3) is 0.789. The summed E-state index contributed by atoms with van der Waals surface area (Å²) in [6.07, 6.45) is 0. The molecule has 1 aliphatic heterocycles. The summed E-state index contributed by atoms with van der Waals surface area (Å²) >= 11 is 0. The maximum Gasteiger partial charge on any atom is 0.323 e. The lowest BCUT2D eigenvalue weighted by atomic mass is 10.2. The standard InChI is InChI=1S/C19H34N4O10/c1-13(17(28)29)21-6-8-22(14(11-24)18(30)31)4-2-20(10-16(26)27)3-5-23(9-7-21)15(12-25)19(32)33/h13-15,24-25H,2-12H2,1H3,(H,26,27)(H,28,29)(H,30,31)(H,32,33). The van der Waals surface area contributed by atoms with E-state index in [2.05, 4.69) is 0 Å². The van der Waals surface area contributed by atoms with Gasteiger partial charge >= 0.3 is 23.9 Å². The quantitative estimate of drug-likeness (QED) is 0.182. The number of aliphatic hydroxyl groups is 2. The van der Waals surface area contributed by atoms with E-state index in [4.69, 9.17) is 0 Å². The van der Waals surface area contributed by atoms with Crippen LogP contribution < -0.4 is 0 Å². The second kappa shape index (κ2) is 14.0. The zero-order valence-corrected chi connectivity index (χ0v) is 18.6. The van der Waals surface area contributed by atoms with Crippen molar-refractivity contribution >= 4 is 23.9 Å². The first-order valence-electron chi connectivity index (χ1n) is 10.6. The maximum atomic E-state index is 11.6. The number of aliphatic hydroxyl groups excluding tert-OH is 2. The second-order valence-corrected chi connectivity index (χ2v) is 7.87. The Morgan fingerprint density at radius 3 is 1.30 bits per heavy atom. The second-order valence-electron chi connectivity index (χ2n) is 7.87. The number of hydrogen-bond acceptors (Lipinski definition) is 10. The van der Waals surface area contributed by atoms with Crippen LogP contribution in [-0.2, 0) is 19.2 Å². The van der Waals surface area contributed by atoms with E-state index in [1.807, 2.05) is 0 Å². The molecule has 14 nitrogen and oxygen atoms in total. The third-order valence-electron chi connectivity index (χ3n) is 5.82. The van der Waals surface area contributed by atoms with Crippen molar-refractivity contribution in [2.45, 2.75) is 25.0 Å². The lowest BCUT2D eigenvalue weighted by molar-refractivity contribution is -0.147. The van der Waals surface area contributed by atoms with Crippen LogP contribution in [0.3, 0.4) is 0 Å². The van der Waals surface area contributed by atoms with Gasteiger partial charge in [-0.05, 0) is 6.92 Å². The summed E-state index contributed by atoms with van der Waals surface area (Å²) in [5, 5.41) is 56.7. The number of rotatable bonds is 10. The Hall–Kier alpha value is -2.36. The van der Waals surface area contributed by atoms with Crippen LogP contribution >= 0.6 is 0 Å². The normalized spacial score (nSPS) is 21.3. The molecule has 0 spiro atoms. The van der Waals surface area contributed by atoms with Gasteiger partial charge in [-0.15, -0.1) is 0 Å². The van der Waals surface area contributed by atoms with E-state index in [-0.39, 0.29) is 58.9 Å². The van der Waals surface area contributed by atoms with Gasteiger partial charge in [0.15, 0.2) is 0 Å². The predicted molar refractivity (Wildman–Crippen MR) is 113 cm³/mol. The molecule has 1 saturated heterocycles. The molecule has 6 N–H and O–H groups in total. The number of aliphatic carboxylic acids is 4. The van der Waals surface area contributed by atoms with E-state index in [1.165, 1.54) is 21.6 Å². The minimum atomic E-state index is -1.26. The van der Waals surface area contributed by atoms with Crippen LogP contribution in [0.1, 0.15) is 6.92 Å². The fourth-order valence-electron chi connectivity index (χ4n) is 3.72. The summed E-state index contributed by atoms with van der Waals surface area (Å²) in [5.74, 6) is -4.74. The highest BCUT2D eigenvalue weighted by atomic mass is 16.4. The molecule has 1 fully saturated rings. The average Bonchev–Trinajstić information content (AvgIpc) is 2.72. The Morgan fingerprint density at radius 2 is 1.00 bits per heavy atom. The summed E-state index contributed by atoms with van der Waals surface area (Å²) in [5.41, 5.74) is 0. The van der Waals surface area contributed by atoms with Gasteiger partial charge in [0.05, 0.1) is 19.8 Å². The molecule has 0 aromatic heterocycles. The van der Waals surface area contributed by atoms with Crippen molar-refractivity contribution in [1.82, 2.24) is 19.6 Å². The van der Waals surface area contributed by atoms with Crippen LogP contribution in [0.5, 0.6) is 0 Å². The predicted octanol–water partition coefficient (Wildman–Crippen LogP) is -3.34. The monoisotopic (exact) mass is 478 g/mol. The third-order valence-corrected chi connectivity index (χ3v) is 5.82. The number of carboxylic acid groups (broad SMARTS) is 4. The first kappa shape index (κ1) is 28.7. The molecule has 0 aromatic rings. The Morgan fingerprint density at radius 1 is 0.636 bits per heavy atom. The molecular formula is C19H34N4O10. The molecule has 3 atom stereocenters. The van der Waals surface area contributed by atoms with Crippen LogP contribution in [0.25, 0.3) is 0 Å². The third kappa shape index (κ3) is 9.19. The smallest absolute Gasteiger partial charge is 0.323 e. The van der Waals surface area contributed by atoms with Gasteiger partial charge in [0.1, 0.15) is 18.1 Å². The van der Waals surface area contributed by atoms with E-state index < -0.39 is 55.2 Å². The molecule has 1 aliphatic rings. The Bertz CT molecular complexity index is 641. The Labute approximate surface area is 191 Å². The van der Waals surface area contributed by atoms with Crippen LogP contribution in [0, 0.1) is 0 Å². The first-order valence-corrected chi connectivity index (χ1v) is 10.6. The zero-order chi connectivity index (χ0) is 25.1. The van der Waals surface area contributed by atoms with E-state index in [9.17, 15) is 49.8 Å². The van der Waals surface area contributed by atoms with Crippen molar-refractivity contribution in [2.75, 3.05) is 72.1 Å². The average molecular weight is 478 g/mol. The molecule has 0 saturated carbocycles. The van der Waals surface area contributed by atoms with Gasteiger partial charge in [-0.2, -0.15) is 0 Å². The highest BCUT2D eigenvalue weighted by molar-refractivity contribution is 5.74. The van der Waals surface area contributed by atoms with E-state index in [0.29, 0.717) is 0 Å². The number of hydrogen-bond donors (Lipinski definition) is 6. The minimum absolute atomic E-state index is 0.0818. The maximum absolute atomic E-state index is 11.6. The molecule has 0 aliphatic carbocycles. The van der Waals surface area contributed by atoms with E-state index >= 15 is 0 Å². The molecular weight excluding hydrogens is 444 g/mol. The molecule has 3 unspecified atom stereocenters. The van der Waals surface area contributed by atoms with Gasteiger partial charge in [-0.3, -0.25) is 38.8 Å². The SMILES string of the molecule is CC(C(=O)O)N1CCN(C(CO)C(=O)O)CCN(CC(=O)O)CCN(C(CO)C(=O)O)CC1. The molecule has 1 heterocycles. The largest absolute Gasteiger partial charge is 0.480 e. The molecule has 0 aromatic carbocycles. The van der Waals surface area contributed by atoms with Crippen molar-refractivity contribution in [1.29, 1.82) is 0 Å². The highest BCUT2D eigenvalue weighted by Crippen LogP contribution is 2.09. The van der Waals surface area contributed by atoms with Gasteiger partial charge in [0.25, 0.3) is 0 Å². The summed E-state index contributed by atoms with van der Waals surface area (Å²) in [7, 11) is 0. The topological polar surface area (TPSA) is 203 Å². The number of carboxylic acids is 4. The van der Waals surface area contributed by atoms with Crippen molar-refractivity contribution in [3.63, 3.8) is 0 Å². The first-order chi connectivity index (χ1) is 15.5. The molecule has 0 radical (unpaired) electrons. The molecule has 33 heavy (non-hydrogen) atoms. The Kier molecular flexibility index (Phi) is 12.2. The van der Waals surface area contributed by atoms with Crippen LogP contribution in [0.15, 0.2) is 0 Å². The summed E-state index contributed by atoms with van der Waals surface area (Å²) < 4.78 is 0. The van der Waals surface area contributed by atoms with Gasteiger partial charge in [0, 0.05) is 52.4 Å². The summed E-state index contributed by atoms with van der Waals surface area (Å²) in [6.45, 7) is 0.547. The van der Waals surface area contributed by atoms with Crippen LogP contribution in [-0.4, -0.2) is 164 Å². The zero-order valence-electron chi connectivity index (χ0n) is 18.6. The van der Waals surface area contributed by atoms with Crippen molar-refractivity contribution in [3.8, 4) is 0 Å². The van der Waals surface area contributed by atoms with Crippen molar-refractivity contribution < 1.29 is 49.8 Å². The summed E-state index contributed by atoms with van der Waals surface area (Å²) in [4.78, 5) is 52.1. The minimum Gasteiger partial charge on any atom is -0.480 e. The van der Waals surface area contributed by atoms with Gasteiger partial charge in [0.2, 0.25) is 0 Å². The van der Waals surface area contributed by atoms with Crippen LogP contribution in [0.2, 0.25) is 0 Å². The van der Waals surface area contributed by atoms with Gasteiger partial charge in [-0.25, -0.2) is 0 Å². The lowest BCUT2D eigenvalue weighted by Crippen LogP contribution is -2.55. The van der Waals surface area contributed by atoms with E-state index in [0.717, 1.165) is 0 Å². The molecule has 190 valence electrons. The molecule has 14 heteroatoms. The van der Waals surface area contributed by atoms with Gasteiger partial charge in [-0.1, -0.05) is 0 Å². The highest BCUT2D eigenvalue weighted by Gasteiger charge is 2.31. The molecule has 1 rings (SSSR count). The van der Waals surface area contributed by atoms with E-state index in [1.54, 1.807) is 4.90 Å². The fourth-order valence-corrected chi connectivity index (χ4v) is 3.72. The molecule has 0 amide bonds. The number of nitrogens with zero attached hydrogens (tertiary/aromatic N) is 4. The lowest BCUT2D eigenvalue weighted by Gasteiger charge is -2.37. The van der Waals surface area contributed by atoms with Crippen molar-refractivity contribution in [3.05, 3.63) is 0 Å². The number of carbonyl (C=O) groups is 4. The van der Waals surface area contributed by atoms with Crippen LogP contribution in [0.4, 0.5) is 0 Å². The summed E-state index contributed by atoms with van der Waals surface area (Å²) in [6, 6.07) is -3.44. The van der Waals surface area contributed by atoms with Crippen molar-refractivity contribution in [2.24, 2.45) is 0 Å². The Balaban J connectivity index is 3.23. The molecule has 0 bridgehead atoms. The van der Waals surface area contributed by atoms with Gasteiger partial charge < -0.3 is 30.6 Å².